The Kier molecular flexibility index (Phi) is 9.31. The van der Waals surface area contributed by atoms with Crippen LogP contribution in [0.25, 0.3) is 0 Å². The second-order valence-corrected chi connectivity index (χ2v) is 6.81. The number of aryl methyl sites for hydroxylation is 1. The second kappa shape index (κ2) is 12.0. The number of halogens is 1. The molecule has 0 saturated heterocycles. The summed E-state index contributed by atoms with van der Waals surface area (Å²) in [6, 6.07) is 13.1. The third-order valence-electron chi connectivity index (χ3n) is 4.10. The van der Waals surface area contributed by atoms with Gasteiger partial charge in [0.2, 0.25) is 0 Å². The van der Waals surface area contributed by atoms with Crippen LogP contribution in [0.4, 0.5) is 0 Å². The molecule has 0 aliphatic heterocycles. The lowest BCUT2D eigenvalue weighted by atomic mass is 10.1. The summed E-state index contributed by atoms with van der Waals surface area (Å²) in [6.45, 7) is 8.85. The summed E-state index contributed by atoms with van der Waals surface area (Å²) < 4.78 is 5.72. The summed E-state index contributed by atoms with van der Waals surface area (Å²) in [4.78, 5) is 16.8. The predicted octanol–water partition coefficient (Wildman–Crippen LogP) is 3.53. The van der Waals surface area contributed by atoms with Crippen LogP contribution < -0.4 is 20.7 Å². The fourth-order valence-electron chi connectivity index (χ4n) is 2.69. The van der Waals surface area contributed by atoms with E-state index in [1.165, 1.54) is 0 Å². The number of ether oxygens (including phenoxy) is 1. The number of hydrogen-bond donors (Lipinski definition) is 3. The fourth-order valence-corrected chi connectivity index (χ4v) is 2.91. The van der Waals surface area contributed by atoms with Crippen molar-refractivity contribution in [2.24, 2.45) is 4.99 Å². The van der Waals surface area contributed by atoms with E-state index < -0.39 is 0 Å². The molecule has 0 spiro atoms. The molecular formula is C22H29ClN4O2. The lowest BCUT2D eigenvalue weighted by Gasteiger charge is -2.13. The summed E-state index contributed by atoms with van der Waals surface area (Å²) in [5.41, 5.74) is 2.65. The molecular weight excluding hydrogens is 388 g/mol. The standard InChI is InChI=1S/C22H29ClN4O2/c1-4-24-22(27-15-17-11-10-16(3)14-20(17)29-5-2)26-13-12-25-21(28)18-8-6-7-9-19(18)23/h6-11,14H,4-5,12-13,15H2,1-3H3,(H,25,28)(H2,24,26,27). The van der Waals surface area contributed by atoms with Gasteiger partial charge >= 0.3 is 0 Å². The van der Waals surface area contributed by atoms with E-state index in [1.807, 2.05) is 32.9 Å². The minimum absolute atomic E-state index is 0.194. The molecule has 29 heavy (non-hydrogen) atoms. The molecule has 0 aliphatic carbocycles. The molecule has 0 saturated carbocycles. The fraction of sp³-hybridized carbons (Fsp3) is 0.364. The summed E-state index contributed by atoms with van der Waals surface area (Å²) in [5, 5.41) is 9.73. The summed E-state index contributed by atoms with van der Waals surface area (Å²) in [7, 11) is 0. The van der Waals surface area contributed by atoms with Gasteiger partial charge in [0.05, 0.1) is 23.7 Å². The van der Waals surface area contributed by atoms with Gasteiger partial charge in [0.25, 0.3) is 5.91 Å². The summed E-state index contributed by atoms with van der Waals surface area (Å²) in [6.07, 6.45) is 0. The molecule has 2 aromatic rings. The zero-order chi connectivity index (χ0) is 21.1. The Morgan fingerprint density at radius 2 is 1.83 bits per heavy atom. The molecule has 0 aromatic heterocycles. The molecule has 1 amide bonds. The molecule has 2 rings (SSSR count). The largest absolute Gasteiger partial charge is 0.494 e. The maximum absolute atomic E-state index is 12.2. The van der Waals surface area contributed by atoms with Crippen molar-refractivity contribution in [2.75, 3.05) is 26.2 Å². The molecule has 0 unspecified atom stereocenters. The molecule has 156 valence electrons. The van der Waals surface area contributed by atoms with E-state index in [2.05, 4.69) is 27.0 Å². The molecule has 0 heterocycles. The second-order valence-electron chi connectivity index (χ2n) is 6.40. The Labute approximate surface area is 177 Å². The Hall–Kier alpha value is -2.73. The van der Waals surface area contributed by atoms with Gasteiger partial charge in [0, 0.05) is 25.2 Å². The number of rotatable bonds is 9. The lowest BCUT2D eigenvalue weighted by Crippen LogP contribution is -2.41. The highest BCUT2D eigenvalue weighted by molar-refractivity contribution is 6.33. The van der Waals surface area contributed by atoms with Gasteiger partial charge in [-0.25, -0.2) is 4.99 Å². The van der Waals surface area contributed by atoms with Crippen LogP contribution in [0.5, 0.6) is 5.75 Å². The van der Waals surface area contributed by atoms with Gasteiger partial charge in [-0.3, -0.25) is 4.79 Å². The highest BCUT2D eigenvalue weighted by Crippen LogP contribution is 2.21. The Balaban J connectivity index is 1.90. The van der Waals surface area contributed by atoms with Crippen molar-refractivity contribution >= 4 is 23.5 Å². The van der Waals surface area contributed by atoms with Crippen molar-refractivity contribution in [2.45, 2.75) is 27.3 Å². The molecule has 7 heteroatoms. The summed E-state index contributed by atoms with van der Waals surface area (Å²) in [5.74, 6) is 1.35. The average molecular weight is 417 g/mol. The molecule has 0 atom stereocenters. The van der Waals surface area contributed by atoms with Crippen LogP contribution in [0, 0.1) is 6.92 Å². The topological polar surface area (TPSA) is 74.8 Å². The van der Waals surface area contributed by atoms with E-state index in [0.29, 0.717) is 42.8 Å². The number of carbonyl (C=O) groups is 1. The van der Waals surface area contributed by atoms with Crippen molar-refractivity contribution in [1.82, 2.24) is 16.0 Å². The minimum Gasteiger partial charge on any atom is -0.494 e. The first kappa shape index (κ1) is 22.6. The number of nitrogens with zero attached hydrogens (tertiary/aromatic N) is 1. The van der Waals surface area contributed by atoms with Gasteiger partial charge in [-0.05, 0) is 44.5 Å². The van der Waals surface area contributed by atoms with Gasteiger partial charge in [0.1, 0.15) is 5.75 Å². The van der Waals surface area contributed by atoms with E-state index in [1.54, 1.807) is 24.3 Å². The van der Waals surface area contributed by atoms with Gasteiger partial charge in [0.15, 0.2) is 5.96 Å². The predicted molar refractivity (Wildman–Crippen MR) is 119 cm³/mol. The van der Waals surface area contributed by atoms with Crippen molar-refractivity contribution in [3.05, 3.63) is 64.2 Å². The first-order valence-electron chi connectivity index (χ1n) is 9.82. The number of guanidine groups is 1. The SMILES string of the molecule is CCNC(=NCc1ccc(C)cc1OCC)NCCNC(=O)c1ccccc1Cl. The number of aliphatic imine (C=N–C) groups is 1. The van der Waals surface area contributed by atoms with Gasteiger partial charge in [-0.1, -0.05) is 35.9 Å². The van der Waals surface area contributed by atoms with Crippen LogP contribution in [0.15, 0.2) is 47.5 Å². The highest BCUT2D eigenvalue weighted by atomic mass is 35.5. The van der Waals surface area contributed by atoms with Crippen LogP contribution in [0.1, 0.15) is 35.3 Å². The Morgan fingerprint density at radius 3 is 2.55 bits per heavy atom. The molecule has 0 fully saturated rings. The molecule has 6 nitrogen and oxygen atoms in total. The van der Waals surface area contributed by atoms with Gasteiger partial charge < -0.3 is 20.7 Å². The van der Waals surface area contributed by atoms with Gasteiger partial charge in [-0.15, -0.1) is 0 Å². The van der Waals surface area contributed by atoms with Crippen molar-refractivity contribution in [1.29, 1.82) is 0 Å². The zero-order valence-corrected chi connectivity index (χ0v) is 18.0. The maximum Gasteiger partial charge on any atom is 0.252 e. The third kappa shape index (κ3) is 7.31. The van der Waals surface area contributed by atoms with Crippen LogP contribution in [0.3, 0.4) is 0 Å². The minimum atomic E-state index is -0.194. The van der Waals surface area contributed by atoms with Gasteiger partial charge in [-0.2, -0.15) is 0 Å². The highest BCUT2D eigenvalue weighted by Gasteiger charge is 2.09. The number of nitrogens with one attached hydrogen (secondary N) is 3. The quantitative estimate of drug-likeness (QED) is 0.332. The zero-order valence-electron chi connectivity index (χ0n) is 17.2. The maximum atomic E-state index is 12.2. The van der Waals surface area contributed by atoms with E-state index in [0.717, 1.165) is 23.4 Å². The number of hydrogen-bond acceptors (Lipinski definition) is 3. The van der Waals surface area contributed by atoms with Crippen LogP contribution in [-0.4, -0.2) is 38.1 Å². The Bertz CT molecular complexity index is 839. The van der Waals surface area contributed by atoms with Crippen molar-refractivity contribution in [3.63, 3.8) is 0 Å². The van der Waals surface area contributed by atoms with E-state index in [4.69, 9.17) is 16.3 Å². The van der Waals surface area contributed by atoms with E-state index in [9.17, 15) is 4.79 Å². The lowest BCUT2D eigenvalue weighted by molar-refractivity contribution is 0.0954. The molecule has 0 aliphatic rings. The Morgan fingerprint density at radius 1 is 1.07 bits per heavy atom. The number of benzene rings is 2. The normalized spacial score (nSPS) is 11.1. The smallest absolute Gasteiger partial charge is 0.252 e. The first-order valence-corrected chi connectivity index (χ1v) is 10.2. The monoisotopic (exact) mass is 416 g/mol. The average Bonchev–Trinajstić information content (AvgIpc) is 2.70. The van der Waals surface area contributed by atoms with Crippen molar-refractivity contribution in [3.8, 4) is 5.75 Å². The molecule has 2 aromatic carbocycles. The third-order valence-corrected chi connectivity index (χ3v) is 4.43. The van der Waals surface area contributed by atoms with Crippen LogP contribution in [-0.2, 0) is 6.54 Å². The number of carbonyl (C=O) groups excluding carboxylic acids is 1. The van der Waals surface area contributed by atoms with E-state index >= 15 is 0 Å². The number of amides is 1. The summed E-state index contributed by atoms with van der Waals surface area (Å²) >= 11 is 6.05. The van der Waals surface area contributed by atoms with Crippen LogP contribution >= 0.6 is 11.6 Å². The molecule has 0 radical (unpaired) electrons. The molecule has 3 N–H and O–H groups in total. The van der Waals surface area contributed by atoms with Crippen LogP contribution in [0.2, 0.25) is 5.02 Å². The van der Waals surface area contributed by atoms with Crippen molar-refractivity contribution < 1.29 is 9.53 Å². The van der Waals surface area contributed by atoms with E-state index in [-0.39, 0.29) is 5.91 Å². The first-order chi connectivity index (χ1) is 14.0. The molecule has 0 bridgehead atoms.